The maximum absolute atomic E-state index is 12.5. The van der Waals surface area contributed by atoms with Crippen LogP contribution in [0, 0.1) is 13.8 Å². The van der Waals surface area contributed by atoms with E-state index in [1.54, 1.807) is 11.8 Å². The van der Waals surface area contributed by atoms with E-state index >= 15 is 0 Å². The molecule has 2 aromatic heterocycles. The number of anilines is 2. The number of amides is 2. The van der Waals surface area contributed by atoms with E-state index in [-0.39, 0.29) is 23.3 Å². The number of carbonyl (C=O) groups excluding carboxylic acids is 2. The molecule has 0 aliphatic heterocycles. The van der Waals surface area contributed by atoms with Gasteiger partial charge in [0.1, 0.15) is 0 Å². The van der Waals surface area contributed by atoms with Crippen molar-refractivity contribution >= 4 is 80.5 Å². The molecule has 0 aliphatic rings. The van der Waals surface area contributed by atoms with Gasteiger partial charge in [-0.15, -0.1) is 0 Å². The molecule has 0 unspecified atom stereocenters. The van der Waals surface area contributed by atoms with Gasteiger partial charge in [-0.1, -0.05) is 47.4 Å². The van der Waals surface area contributed by atoms with Gasteiger partial charge in [0.2, 0.25) is 11.8 Å². The number of thioether (sulfide) groups is 2. The van der Waals surface area contributed by atoms with Crippen molar-refractivity contribution < 1.29 is 9.59 Å². The number of rotatable bonds is 10. The Balaban J connectivity index is 0.948. The van der Waals surface area contributed by atoms with Crippen LogP contribution in [0.5, 0.6) is 0 Å². The van der Waals surface area contributed by atoms with Crippen molar-refractivity contribution in [3.05, 3.63) is 96.1 Å². The Morgan fingerprint density at radius 1 is 0.628 bits per heavy atom. The number of aryl methyl sites for hydroxylation is 2. The standard InChI is InChI=1S/C32H28N6O2S3/c1-19-3-13-25-27(15-19)37-31(35-25)41-17-29(39)33-21-5-9-23(10-6-21)43-24-11-7-22(8-12-24)34-30(40)18-42-32-36-26-14-4-20(2)16-28(26)38-32/h3-16H,17-18H2,1-2H3,(H,33,39)(H,34,40)(H,35,37)(H,36,38). The molecule has 0 radical (unpaired) electrons. The number of fused-ring (bicyclic) bond motifs is 2. The Labute approximate surface area is 261 Å². The molecule has 2 heterocycles. The van der Waals surface area contributed by atoms with E-state index in [4.69, 9.17) is 0 Å². The van der Waals surface area contributed by atoms with Gasteiger partial charge in [0.25, 0.3) is 0 Å². The summed E-state index contributed by atoms with van der Waals surface area (Å²) >= 11 is 4.36. The zero-order valence-electron chi connectivity index (χ0n) is 23.4. The van der Waals surface area contributed by atoms with Crippen LogP contribution in [0.2, 0.25) is 0 Å². The normalized spacial score (nSPS) is 11.2. The summed E-state index contributed by atoms with van der Waals surface area (Å²) in [5, 5.41) is 7.34. The van der Waals surface area contributed by atoms with Crippen molar-refractivity contribution in [3.8, 4) is 0 Å². The van der Waals surface area contributed by atoms with Gasteiger partial charge >= 0.3 is 0 Å². The number of aromatic amines is 2. The third-order valence-electron chi connectivity index (χ3n) is 6.42. The fourth-order valence-electron chi connectivity index (χ4n) is 4.35. The maximum Gasteiger partial charge on any atom is 0.234 e. The molecule has 4 aromatic carbocycles. The summed E-state index contributed by atoms with van der Waals surface area (Å²) in [5.74, 6) is 0.337. The van der Waals surface area contributed by atoms with Crippen LogP contribution >= 0.6 is 35.3 Å². The number of hydrogen-bond acceptors (Lipinski definition) is 7. The highest BCUT2D eigenvalue weighted by atomic mass is 32.2. The van der Waals surface area contributed by atoms with Crippen LogP contribution in [0.4, 0.5) is 11.4 Å². The predicted molar refractivity (Wildman–Crippen MR) is 177 cm³/mol. The number of nitrogens with zero attached hydrogens (tertiary/aromatic N) is 2. The number of hydrogen-bond donors (Lipinski definition) is 4. The van der Waals surface area contributed by atoms with Crippen LogP contribution in [-0.2, 0) is 9.59 Å². The van der Waals surface area contributed by atoms with Crippen LogP contribution in [-0.4, -0.2) is 43.3 Å². The van der Waals surface area contributed by atoms with Crippen molar-refractivity contribution in [2.45, 2.75) is 34.0 Å². The van der Waals surface area contributed by atoms with E-state index in [2.05, 4.69) is 30.6 Å². The highest BCUT2D eigenvalue weighted by Crippen LogP contribution is 2.30. The Hall–Kier alpha value is -4.19. The minimum absolute atomic E-state index is 0.0919. The van der Waals surface area contributed by atoms with Crippen molar-refractivity contribution in [3.63, 3.8) is 0 Å². The van der Waals surface area contributed by atoms with Gasteiger partial charge in [-0.25, -0.2) is 9.97 Å². The van der Waals surface area contributed by atoms with E-state index in [1.165, 1.54) is 23.5 Å². The zero-order valence-corrected chi connectivity index (χ0v) is 25.9. The van der Waals surface area contributed by atoms with Gasteiger partial charge in [0.15, 0.2) is 10.3 Å². The first-order chi connectivity index (χ1) is 20.9. The highest BCUT2D eigenvalue weighted by Gasteiger charge is 2.10. The van der Waals surface area contributed by atoms with Crippen LogP contribution in [0.1, 0.15) is 11.1 Å². The number of H-pyrrole nitrogens is 2. The van der Waals surface area contributed by atoms with E-state index in [0.717, 1.165) is 64.7 Å². The van der Waals surface area contributed by atoms with Crippen molar-refractivity contribution in [1.82, 2.24) is 19.9 Å². The van der Waals surface area contributed by atoms with Crippen LogP contribution in [0.3, 0.4) is 0 Å². The Kier molecular flexibility index (Phi) is 8.73. The number of benzene rings is 4. The highest BCUT2D eigenvalue weighted by molar-refractivity contribution is 8.00. The zero-order chi connectivity index (χ0) is 29.8. The first kappa shape index (κ1) is 28.9. The molecule has 11 heteroatoms. The monoisotopic (exact) mass is 624 g/mol. The van der Waals surface area contributed by atoms with E-state index in [9.17, 15) is 9.59 Å². The van der Waals surface area contributed by atoms with Gasteiger partial charge in [-0.05, 0) is 97.8 Å². The second kappa shape index (κ2) is 13.0. The van der Waals surface area contributed by atoms with Gasteiger partial charge in [-0.2, -0.15) is 0 Å². The summed E-state index contributed by atoms with van der Waals surface area (Å²) in [6.07, 6.45) is 0. The number of carbonyl (C=O) groups is 2. The Morgan fingerprint density at radius 2 is 1.05 bits per heavy atom. The lowest BCUT2D eigenvalue weighted by atomic mass is 10.2. The fourth-order valence-corrected chi connectivity index (χ4v) is 6.53. The average molecular weight is 625 g/mol. The first-order valence-electron chi connectivity index (χ1n) is 13.5. The molecule has 0 spiro atoms. The van der Waals surface area contributed by atoms with Crippen molar-refractivity contribution in [1.29, 1.82) is 0 Å². The molecule has 0 fully saturated rings. The molecular weight excluding hydrogens is 597 g/mol. The summed E-state index contributed by atoms with van der Waals surface area (Å²) in [4.78, 5) is 42.6. The smallest absolute Gasteiger partial charge is 0.234 e. The van der Waals surface area contributed by atoms with Crippen molar-refractivity contribution in [2.75, 3.05) is 22.1 Å². The van der Waals surface area contributed by atoms with Crippen LogP contribution in [0.15, 0.2) is 105 Å². The molecule has 6 rings (SSSR count). The molecule has 0 saturated carbocycles. The minimum atomic E-state index is -0.0919. The second-order valence-electron chi connectivity index (χ2n) is 9.95. The van der Waals surface area contributed by atoms with E-state index in [0.29, 0.717) is 0 Å². The Morgan fingerprint density at radius 3 is 1.47 bits per heavy atom. The predicted octanol–water partition coefficient (Wildman–Crippen LogP) is 7.67. The largest absolute Gasteiger partial charge is 0.333 e. The summed E-state index contributed by atoms with van der Waals surface area (Å²) < 4.78 is 0. The molecule has 0 aliphatic carbocycles. The summed E-state index contributed by atoms with van der Waals surface area (Å²) in [6, 6.07) is 27.6. The Bertz CT molecular complexity index is 1780. The third kappa shape index (κ3) is 7.61. The topological polar surface area (TPSA) is 116 Å². The number of nitrogens with one attached hydrogen (secondary N) is 4. The molecular formula is C32H28N6O2S3. The molecule has 4 N–H and O–H groups in total. The summed E-state index contributed by atoms with van der Waals surface area (Å²) in [6.45, 7) is 4.07. The molecule has 8 nitrogen and oxygen atoms in total. The lowest BCUT2D eigenvalue weighted by Crippen LogP contribution is -2.14. The van der Waals surface area contributed by atoms with Crippen LogP contribution in [0.25, 0.3) is 22.1 Å². The number of aromatic nitrogens is 4. The molecule has 0 bridgehead atoms. The average Bonchev–Trinajstić information content (AvgIpc) is 3.60. The molecule has 2 amide bonds. The second-order valence-corrected chi connectivity index (χ2v) is 13.0. The first-order valence-corrected chi connectivity index (χ1v) is 16.3. The van der Waals surface area contributed by atoms with Gasteiger partial charge in [0.05, 0.1) is 33.6 Å². The lowest BCUT2D eigenvalue weighted by Gasteiger charge is -2.08. The van der Waals surface area contributed by atoms with Crippen molar-refractivity contribution in [2.24, 2.45) is 0 Å². The third-order valence-corrected chi connectivity index (χ3v) is 9.19. The van der Waals surface area contributed by atoms with Gasteiger partial charge in [0, 0.05) is 21.2 Å². The summed E-state index contributed by atoms with van der Waals surface area (Å²) in [7, 11) is 0. The van der Waals surface area contributed by atoms with E-state index in [1.807, 2.05) is 98.8 Å². The van der Waals surface area contributed by atoms with Gasteiger partial charge in [-0.3, -0.25) is 9.59 Å². The molecule has 43 heavy (non-hydrogen) atoms. The van der Waals surface area contributed by atoms with Crippen LogP contribution < -0.4 is 10.6 Å². The maximum atomic E-state index is 12.5. The lowest BCUT2D eigenvalue weighted by molar-refractivity contribution is -0.114. The molecule has 0 atom stereocenters. The molecule has 216 valence electrons. The van der Waals surface area contributed by atoms with E-state index < -0.39 is 0 Å². The quantitative estimate of drug-likeness (QED) is 0.116. The molecule has 6 aromatic rings. The summed E-state index contributed by atoms with van der Waals surface area (Å²) in [5.41, 5.74) is 7.53. The molecule has 0 saturated heterocycles. The fraction of sp³-hybridized carbons (Fsp3) is 0.125. The SMILES string of the molecule is Cc1ccc2nc(SCC(=O)Nc3ccc(Sc4ccc(NC(=O)CSc5nc6ccc(C)cc6[nH]5)cc4)cc3)[nH]c2c1. The van der Waals surface area contributed by atoms with Gasteiger partial charge < -0.3 is 20.6 Å². The number of imidazole rings is 2. The minimum Gasteiger partial charge on any atom is -0.333 e.